The smallest absolute Gasteiger partial charge is 0.481 e. The van der Waals surface area contributed by atoms with Gasteiger partial charge in [0, 0.05) is 6.04 Å². The zero-order valence-electron chi connectivity index (χ0n) is 11.3. The number of rotatable bonds is 5. The Balaban J connectivity index is 2.14. The molecule has 21 heavy (non-hydrogen) atoms. The average molecular weight is 303 g/mol. The molecule has 1 atom stereocenters. The lowest BCUT2D eigenvalue weighted by atomic mass is 10.0. The van der Waals surface area contributed by atoms with Gasteiger partial charge >= 0.3 is 12.3 Å². The first-order chi connectivity index (χ1) is 9.85. The lowest BCUT2D eigenvalue weighted by Gasteiger charge is -2.26. The Morgan fingerprint density at radius 2 is 1.81 bits per heavy atom. The topological polar surface area (TPSA) is 49.8 Å². The average Bonchev–Trinajstić information content (AvgIpc) is 2.88. The molecule has 0 spiro atoms. The number of halogens is 3. The summed E-state index contributed by atoms with van der Waals surface area (Å²) in [5.41, 5.74) is 0.689. The van der Waals surface area contributed by atoms with E-state index in [0.717, 1.165) is 25.9 Å². The van der Waals surface area contributed by atoms with Crippen LogP contribution in [0.25, 0.3) is 0 Å². The molecular formula is C14H16F3NO3. The molecule has 1 aromatic rings. The number of carboxylic acid groups (broad SMARTS) is 1. The number of likely N-dealkylation sites (tertiary alicyclic amines) is 1. The Bertz CT molecular complexity index is 481. The van der Waals surface area contributed by atoms with E-state index in [1.165, 1.54) is 24.3 Å². The molecule has 1 aliphatic heterocycles. The third-order valence-corrected chi connectivity index (χ3v) is 3.45. The van der Waals surface area contributed by atoms with Crippen molar-refractivity contribution in [1.82, 2.24) is 4.90 Å². The van der Waals surface area contributed by atoms with Crippen LogP contribution < -0.4 is 4.74 Å². The van der Waals surface area contributed by atoms with E-state index in [-0.39, 0.29) is 18.2 Å². The summed E-state index contributed by atoms with van der Waals surface area (Å²) in [7, 11) is 0. The molecule has 1 N–H and O–H groups in total. The molecular weight excluding hydrogens is 287 g/mol. The Labute approximate surface area is 120 Å². The highest BCUT2D eigenvalue weighted by atomic mass is 19.4. The Kier molecular flexibility index (Phi) is 4.72. The van der Waals surface area contributed by atoms with E-state index >= 15 is 0 Å². The van der Waals surface area contributed by atoms with Gasteiger partial charge in [0.05, 0.1) is 6.42 Å². The van der Waals surface area contributed by atoms with Crippen LogP contribution in [-0.2, 0) is 4.79 Å². The monoisotopic (exact) mass is 303 g/mol. The fourth-order valence-electron chi connectivity index (χ4n) is 2.57. The number of nitrogens with zero attached hydrogens (tertiary/aromatic N) is 1. The number of ether oxygens (including phenoxy) is 1. The largest absolute Gasteiger partial charge is 0.573 e. The molecule has 0 aromatic heterocycles. The number of aliphatic carboxylic acids is 1. The Morgan fingerprint density at radius 1 is 1.24 bits per heavy atom. The molecule has 1 aromatic carbocycles. The molecule has 7 heteroatoms. The predicted molar refractivity (Wildman–Crippen MR) is 68.9 cm³/mol. The van der Waals surface area contributed by atoms with Gasteiger partial charge in [0.2, 0.25) is 0 Å². The van der Waals surface area contributed by atoms with E-state index in [1.54, 1.807) is 0 Å². The van der Waals surface area contributed by atoms with Crippen LogP contribution in [0.2, 0.25) is 0 Å². The lowest BCUT2D eigenvalue weighted by Crippen LogP contribution is -2.27. The fraction of sp³-hybridized carbons (Fsp3) is 0.500. The van der Waals surface area contributed by atoms with E-state index in [2.05, 4.69) is 4.74 Å². The Morgan fingerprint density at radius 3 is 2.29 bits per heavy atom. The summed E-state index contributed by atoms with van der Waals surface area (Å²) in [5, 5.41) is 9.01. The first-order valence-electron chi connectivity index (χ1n) is 6.67. The van der Waals surface area contributed by atoms with Crippen molar-refractivity contribution in [2.45, 2.75) is 31.7 Å². The minimum Gasteiger partial charge on any atom is -0.481 e. The molecule has 0 saturated carbocycles. The van der Waals surface area contributed by atoms with Crippen LogP contribution in [0, 0.1) is 0 Å². The predicted octanol–water partition coefficient (Wildman–Crippen LogP) is 3.20. The van der Waals surface area contributed by atoms with Crippen molar-refractivity contribution in [2.75, 3.05) is 13.1 Å². The third-order valence-electron chi connectivity index (χ3n) is 3.45. The molecule has 1 aliphatic rings. The minimum atomic E-state index is -4.73. The van der Waals surface area contributed by atoms with Crippen LogP contribution in [0.3, 0.4) is 0 Å². The van der Waals surface area contributed by atoms with Crippen molar-refractivity contribution >= 4 is 5.97 Å². The zero-order valence-corrected chi connectivity index (χ0v) is 11.3. The van der Waals surface area contributed by atoms with Gasteiger partial charge in [0.25, 0.3) is 0 Å². The number of hydrogen-bond acceptors (Lipinski definition) is 3. The molecule has 0 radical (unpaired) electrons. The van der Waals surface area contributed by atoms with Gasteiger partial charge < -0.3 is 9.84 Å². The van der Waals surface area contributed by atoms with Crippen molar-refractivity contribution in [3.63, 3.8) is 0 Å². The summed E-state index contributed by atoms with van der Waals surface area (Å²) in [6.07, 6.45) is -2.78. The maximum absolute atomic E-state index is 12.1. The summed E-state index contributed by atoms with van der Waals surface area (Å²) >= 11 is 0. The molecule has 1 heterocycles. The number of carboxylic acids is 1. The molecule has 1 unspecified atom stereocenters. The van der Waals surface area contributed by atoms with Gasteiger partial charge in [-0.25, -0.2) is 0 Å². The van der Waals surface area contributed by atoms with Crippen molar-refractivity contribution in [2.24, 2.45) is 0 Å². The molecule has 0 aliphatic carbocycles. The summed E-state index contributed by atoms with van der Waals surface area (Å²) < 4.78 is 40.1. The molecule has 0 amide bonds. The van der Waals surface area contributed by atoms with E-state index in [0.29, 0.717) is 5.56 Å². The van der Waals surface area contributed by atoms with Crippen molar-refractivity contribution in [3.05, 3.63) is 29.8 Å². The lowest BCUT2D eigenvalue weighted by molar-refractivity contribution is -0.274. The second-order valence-electron chi connectivity index (χ2n) is 4.97. The van der Waals surface area contributed by atoms with Crippen LogP contribution in [-0.4, -0.2) is 35.4 Å². The first kappa shape index (κ1) is 15.6. The number of carbonyl (C=O) groups is 1. The first-order valence-corrected chi connectivity index (χ1v) is 6.67. The van der Waals surface area contributed by atoms with Crippen LogP contribution >= 0.6 is 0 Å². The molecule has 1 saturated heterocycles. The molecule has 116 valence electrons. The van der Waals surface area contributed by atoms with E-state index in [9.17, 15) is 18.0 Å². The fourth-order valence-corrected chi connectivity index (χ4v) is 2.57. The summed E-state index contributed by atoms with van der Waals surface area (Å²) in [5.74, 6) is -1.23. The second kappa shape index (κ2) is 6.34. The number of hydrogen-bond donors (Lipinski definition) is 1. The maximum atomic E-state index is 12.1. The van der Waals surface area contributed by atoms with Crippen LogP contribution in [0.1, 0.15) is 30.9 Å². The van der Waals surface area contributed by atoms with Crippen molar-refractivity contribution in [3.8, 4) is 5.75 Å². The highest BCUT2D eigenvalue weighted by molar-refractivity contribution is 5.68. The molecule has 0 bridgehead atoms. The van der Waals surface area contributed by atoms with Crippen molar-refractivity contribution in [1.29, 1.82) is 0 Å². The minimum absolute atomic E-state index is 0.0700. The second-order valence-corrected chi connectivity index (χ2v) is 4.97. The van der Waals surface area contributed by atoms with Gasteiger partial charge in [-0.3, -0.25) is 9.69 Å². The van der Waals surface area contributed by atoms with Crippen molar-refractivity contribution < 1.29 is 27.8 Å². The summed E-state index contributed by atoms with van der Waals surface area (Å²) in [6, 6.07) is 5.10. The highest BCUT2D eigenvalue weighted by Crippen LogP contribution is 2.30. The van der Waals surface area contributed by atoms with E-state index < -0.39 is 12.3 Å². The van der Waals surface area contributed by atoms with E-state index in [4.69, 9.17) is 5.11 Å². The van der Waals surface area contributed by atoms with Crippen LogP contribution in [0.4, 0.5) is 13.2 Å². The number of benzene rings is 1. The molecule has 1 fully saturated rings. The van der Waals surface area contributed by atoms with E-state index in [1.807, 2.05) is 4.90 Å². The van der Waals surface area contributed by atoms with Gasteiger partial charge in [-0.1, -0.05) is 12.1 Å². The Hall–Kier alpha value is -1.76. The summed E-state index contributed by atoms with van der Waals surface area (Å²) in [6.45, 7) is 1.61. The highest BCUT2D eigenvalue weighted by Gasteiger charge is 2.31. The number of alkyl halides is 3. The summed E-state index contributed by atoms with van der Waals surface area (Å²) in [4.78, 5) is 13.0. The quantitative estimate of drug-likeness (QED) is 0.907. The molecule has 4 nitrogen and oxygen atoms in total. The standard InChI is InChI=1S/C14H16F3NO3/c15-14(16,17)21-11-5-3-10(4-6-11)12(9-13(19)20)18-7-1-2-8-18/h3-6,12H,1-2,7-9H2,(H,19,20). The maximum Gasteiger partial charge on any atom is 0.573 e. The van der Waals surface area contributed by atoms with Crippen LogP contribution in [0.5, 0.6) is 5.75 Å². The van der Waals surface area contributed by atoms with Gasteiger partial charge in [-0.15, -0.1) is 13.2 Å². The van der Waals surface area contributed by atoms with Crippen LogP contribution in [0.15, 0.2) is 24.3 Å². The molecule has 2 rings (SSSR count). The third kappa shape index (κ3) is 4.63. The zero-order chi connectivity index (χ0) is 15.5. The normalized spacial score (nSPS) is 17.7. The SMILES string of the molecule is O=C(O)CC(c1ccc(OC(F)(F)F)cc1)N1CCCC1. The van der Waals surface area contributed by atoms with Gasteiger partial charge in [-0.05, 0) is 43.6 Å². The van der Waals surface area contributed by atoms with Gasteiger partial charge in [0.1, 0.15) is 5.75 Å². The van der Waals surface area contributed by atoms with Gasteiger partial charge in [0.15, 0.2) is 0 Å². The van der Waals surface area contributed by atoms with Gasteiger partial charge in [-0.2, -0.15) is 0 Å².